The summed E-state index contributed by atoms with van der Waals surface area (Å²) in [7, 11) is 0. The van der Waals surface area contributed by atoms with Crippen molar-refractivity contribution in [2.75, 3.05) is 6.61 Å². The van der Waals surface area contributed by atoms with Gasteiger partial charge in [-0.15, -0.1) is 0 Å². The molecule has 0 unspecified atom stereocenters. The minimum Gasteiger partial charge on any atom is -0.493 e. The van der Waals surface area contributed by atoms with Gasteiger partial charge in [0.25, 0.3) is 0 Å². The molecular weight excluding hydrogens is 172 g/mol. The summed E-state index contributed by atoms with van der Waals surface area (Å²) in [4.78, 5) is 0. The molecule has 0 N–H and O–H groups in total. The van der Waals surface area contributed by atoms with Gasteiger partial charge in [0.1, 0.15) is 5.75 Å². The first-order chi connectivity index (χ1) is 6.66. The summed E-state index contributed by atoms with van der Waals surface area (Å²) in [5, 5.41) is 0. The minimum atomic E-state index is 0.570. The highest BCUT2D eigenvalue weighted by Crippen LogP contribution is 2.26. The zero-order valence-corrected chi connectivity index (χ0v) is 9.63. The standard InChI is InChI=1S/C13H20O/c1-5-9-14-13-8-6-7-12(10(2)3)11(13)4/h6-8,10H,5,9H2,1-4H3. The molecule has 0 aliphatic heterocycles. The van der Waals surface area contributed by atoms with Gasteiger partial charge in [-0.3, -0.25) is 0 Å². The van der Waals surface area contributed by atoms with Crippen LogP contribution in [0.25, 0.3) is 0 Å². The lowest BCUT2D eigenvalue weighted by Crippen LogP contribution is -2.00. The fourth-order valence-electron chi connectivity index (χ4n) is 1.63. The molecule has 0 fully saturated rings. The average Bonchev–Trinajstić information content (AvgIpc) is 2.16. The van der Waals surface area contributed by atoms with E-state index >= 15 is 0 Å². The van der Waals surface area contributed by atoms with Crippen LogP contribution in [0, 0.1) is 6.92 Å². The molecule has 0 aliphatic carbocycles. The second-order valence-electron chi connectivity index (χ2n) is 3.97. The molecule has 0 aromatic heterocycles. The molecular formula is C13H20O. The fraction of sp³-hybridized carbons (Fsp3) is 0.538. The van der Waals surface area contributed by atoms with Gasteiger partial charge in [0.05, 0.1) is 6.61 Å². The van der Waals surface area contributed by atoms with E-state index in [0.29, 0.717) is 5.92 Å². The van der Waals surface area contributed by atoms with Gasteiger partial charge in [-0.2, -0.15) is 0 Å². The van der Waals surface area contributed by atoms with E-state index in [-0.39, 0.29) is 0 Å². The van der Waals surface area contributed by atoms with Crippen LogP contribution in [0.1, 0.15) is 44.2 Å². The first-order valence-electron chi connectivity index (χ1n) is 5.39. The number of benzene rings is 1. The van der Waals surface area contributed by atoms with E-state index in [4.69, 9.17) is 4.74 Å². The highest BCUT2D eigenvalue weighted by Gasteiger charge is 2.07. The van der Waals surface area contributed by atoms with E-state index in [2.05, 4.69) is 45.9 Å². The largest absolute Gasteiger partial charge is 0.493 e. The lowest BCUT2D eigenvalue weighted by molar-refractivity contribution is 0.315. The van der Waals surface area contributed by atoms with Crippen molar-refractivity contribution in [1.29, 1.82) is 0 Å². The Hall–Kier alpha value is -0.980. The maximum atomic E-state index is 5.68. The van der Waals surface area contributed by atoms with E-state index < -0.39 is 0 Å². The van der Waals surface area contributed by atoms with Crippen LogP contribution < -0.4 is 4.74 Å². The van der Waals surface area contributed by atoms with Gasteiger partial charge in [0.15, 0.2) is 0 Å². The summed E-state index contributed by atoms with van der Waals surface area (Å²) in [6.07, 6.45) is 1.06. The molecule has 1 rings (SSSR count). The van der Waals surface area contributed by atoms with E-state index in [1.54, 1.807) is 0 Å². The van der Waals surface area contributed by atoms with Crippen molar-refractivity contribution < 1.29 is 4.74 Å². The lowest BCUT2D eigenvalue weighted by atomic mass is 9.97. The van der Waals surface area contributed by atoms with Crippen LogP contribution in [0.2, 0.25) is 0 Å². The van der Waals surface area contributed by atoms with Gasteiger partial charge in [0.2, 0.25) is 0 Å². The Kier molecular flexibility index (Phi) is 3.99. The van der Waals surface area contributed by atoms with Gasteiger partial charge in [0, 0.05) is 0 Å². The van der Waals surface area contributed by atoms with Crippen molar-refractivity contribution >= 4 is 0 Å². The van der Waals surface area contributed by atoms with E-state index in [1.165, 1.54) is 11.1 Å². The molecule has 0 radical (unpaired) electrons. The average molecular weight is 192 g/mol. The Labute approximate surface area is 87.1 Å². The van der Waals surface area contributed by atoms with Crippen molar-refractivity contribution in [3.63, 3.8) is 0 Å². The van der Waals surface area contributed by atoms with Crippen LogP contribution in [0.5, 0.6) is 5.75 Å². The minimum absolute atomic E-state index is 0.570. The predicted octanol–water partition coefficient (Wildman–Crippen LogP) is 3.91. The summed E-state index contributed by atoms with van der Waals surface area (Å²) in [5.41, 5.74) is 2.68. The number of rotatable bonds is 4. The number of hydrogen-bond acceptors (Lipinski definition) is 1. The molecule has 0 atom stereocenters. The topological polar surface area (TPSA) is 9.23 Å². The van der Waals surface area contributed by atoms with Gasteiger partial charge >= 0.3 is 0 Å². The third-order valence-electron chi connectivity index (χ3n) is 2.41. The van der Waals surface area contributed by atoms with Crippen LogP contribution in [0.3, 0.4) is 0 Å². The van der Waals surface area contributed by atoms with Crippen LogP contribution in [0.4, 0.5) is 0 Å². The zero-order chi connectivity index (χ0) is 10.6. The van der Waals surface area contributed by atoms with Gasteiger partial charge in [-0.25, -0.2) is 0 Å². The van der Waals surface area contributed by atoms with Gasteiger partial charge < -0.3 is 4.74 Å². The Balaban J connectivity index is 2.89. The van der Waals surface area contributed by atoms with E-state index in [0.717, 1.165) is 18.8 Å². The molecule has 0 amide bonds. The lowest BCUT2D eigenvalue weighted by Gasteiger charge is -2.14. The maximum Gasteiger partial charge on any atom is 0.122 e. The van der Waals surface area contributed by atoms with Crippen LogP contribution in [-0.2, 0) is 0 Å². The van der Waals surface area contributed by atoms with Crippen molar-refractivity contribution in [2.45, 2.75) is 40.0 Å². The molecule has 0 heterocycles. The van der Waals surface area contributed by atoms with E-state index in [9.17, 15) is 0 Å². The first-order valence-corrected chi connectivity index (χ1v) is 5.39. The smallest absolute Gasteiger partial charge is 0.122 e. The normalized spacial score (nSPS) is 10.6. The molecule has 1 aromatic rings. The van der Waals surface area contributed by atoms with Crippen molar-refractivity contribution in [3.8, 4) is 5.75 Å². The van der Waals surface area contributed by atoms with Gasteiger partial charge in [-0.1, -0.05) is 32.9 Å². The Morgan fingerprint density at radius 3 is 2.57 bits per heavy atom. The second kappa shape index (κ2) is 5.04. The monoisotopic (exact) mass is 192 g/mol. The van der Waals surface area contributed by atoms with E-state index in [1.807, 2.05) is 0 Å². The molecule has 1 heteroatoms. The van der Waals surface area contributed by atoms with Crippen LogP contribution in [0.15, 0.2) is 18.2 Å². The molecule has 0 aliphatic rings. The SMILES string of the molecule is CCCOc1cccc(C(C)C)c1C. The molecule has 0 saturated heterocycles. The fourth-order valence-corrected chi connectivity index (χ4v) is 1.63. The molecule has 1 nitrogen and oxygen atoms in total. The van der Waals surface area contributed by atoms with Crippen LogP contribution in [-0.4, -0.2) is 6.61 Å². The summed E-state index contributed by atoms with van der Waals surface area (Å²) in [6.45, 7) is 9.50. The highest BCUT2D eigenvalue weighted by atomic mass is 16.5. The molecule has 1 aromatic carbocycles. The maximum absolute atomic E-state index is 5.68. The third-order valence-corrected chi connectivity index (χ3v) is 2.41. The van der Waals surface area contributed by atoms with Crippen molar-refractivity contribution in [2.24, 2.45) is 0 Å². The molecule has 0 saturated carbocycles. The van der Waals surface area contributed by atoms with Crippen LogP contribution >= 0.6 is 0 Å². The first kappa shape index (κ1) is 11.1. The van der Waals surface area contributed by atoms with Gasteiger partial charge in [-0.05, 0) is 36.5 Å². The Bertz CT molecular complexity index is 289. The number of ether oxygens (including phenoxy) is 1. The Morgan fingerprint density at radius 2 is 2.00 bits per heavy atom. The third kappa shape index (κ3) is 2.50. The zero-order valence-electron chi connectivity index (χ0n) is 9.63. The highest BCUT2D eigenvalue weighted by molar-refractivity contribution is 5.40. The van der Waals surface area contributed by atoms with Crippen molar-refractivity contribution in [1.82, 2.24) is 0 Å². The molecule has 0 bridgehead atoms. The summed E-state index contributed by atoms with van der Waals surface area (Å²) < 4.78 is 5.68. The quantitative estimate of drug-likeness (QED) is 0.703. The Morgan fingerprint density at radius 1 is 1.29 bits per heavy atom. The summed E-state index contributed by atoms with van der Waals surface area (Å²) in [6, 6.07) is 6.31. The second-order valence-corrected chi connectivity index (χ2v) is 3.97. The molecule has 14 heavy (non-hydrogen) atoms. The molecule has 78 valence electrons. The summed E-state index contributed by atoms with van der Waals surface area (Å²) >= 11 is 0. The molecule has 0 spiro atoms. The predicted molar refractivity (Wildman–Crippen MR) is 61.1 cm³/mol. The summed E-state index contributed by atoms with van der Waals surface area (Å²) in [5.74, 6) is 1.61. The van der Waals surface area contributed by atoms with Crippen molar-refractivity contribution in [3.05, 3.63) is 29.3 Å². The number of hydrogen-bond donors (Lipinski definition) is 0.